The van der Waals surface area contributed by atoms with Crippen LogP contribution in [0.5, 0.6) is 0 Å². The summed E-state index contributed by atoms with van der Waals surface area (Å²) in [6.07, 6.45) is 2.21. The van der Waals surface area contributed by atoms with E-state index in [0.29, 0.717) is 19.5 Å². The first-order chi connectivity index (χ1) is 10.4. The maximum atomic E-state index is 12.2. The molecule has 2 rings (SSSR count). The largest absolute Gasteiger partial charge is 0.340 e. The second-order valence-electron chi connectivity index (χ2n) is 5.85. The minimum atomic E-state index is -3.47. The van der Waals surface area contributed by atoms with Crippen LogP contribution in [0.1, 0.15) is 19.3 Å². The average molecular weight is 326 g/mol. The van der Waals surface area contributed by atoms with Crippen LogP contribution < -0.4 is 14.5 Å². The van der Waals surface area contributed by atoms with Gasteiger partial charge in [0.1, 0.15) is 0 Å². The Bertz CT molecular complexity index is 611. The van der Waals surface area contributed by atoms with E-state index in [1.165, 1.54) is 4.90 Å². The van der Waals surface area contributed by atoms with Crippen LogP contribution in [0.4, 0.5) is 5.69 Å². The standard InChI is InChI=1S/C15H23N3O3S/c1-17(2)11-4-10-16-22(20,21)14-8-6-13(7-9-14)18-12-3-5-15(18)19/h6-9,16H,3-5,10-12H2,1-2H3/p+1. The molecular weight excluding hydrogens is 302 g/mol. The first-order valence-electron chi connectivity index (χ1n) is 7.59. The molecule has 22 heavy (non-hydrogen) atoms. The second-order valence-corrected chi connectivity index (χ2v) is 7.62. The Labute approximate surface area is 132 Å². The molecule has 1 aromatic rings. The van der Waals surface area contributed by atoms with Crippen LogP contribution >= 0.6 is 0 Å². The Morgan fingerprint density at radius 1 is 1.23 bits per heavy atom. The molecule has 0 aliphatic carbocycles. The van der Waals surface area contributed by atoms with Gasteiger partial charge in [-0.15, -0.1) is 0 Å². The topological polar surface area (TPSA) is 70.9 Å². The van der Waals surface area contributed by atoms with E-state index in [-0.39, 0.29) is 10.8 Å². The van der Waals surface area contributed by atoms with Crippen LogP contribution in [0.3, 0.4) is 0 Å². The summed E-state index contributed by atoms with van der Waals surface area (Å²) >= 11 is 0. The number of rotatable bonds is 7. The van der Waals surface area contributed by atoms with Gasteiger partial charge in [0.2, 0.25) is 15.9 Å². The Morgan fingerprint density at radius 3 is 2.45 bits per heavy atom. The van der Waals surface area contributed by atoms with Gasteiger partial charge in [0.25, 0.3) is 0 Å². The summed E-state index contributed by atoms with van der Waals surface area (Å²) in [6.45, 7) is 2.05. The number of sulfonamides is 1. The summed E-state index contributed by atoms with van der Waals surface area (Å²) in [5.74, 6) is 0.0971. The molecule has 0 unspecified atom stereocenters. The number of hydrogen-bond acceptors (Lipinski definition) is 3. The van der Waals surface area contributed by atoms with Gasteiger partial charge in [0.05, 0.1) is 25.5 Å². The normalized spacial score (nSPS) is 15.8. The van der Waals surface area contributed by atoms with Crippen molar-refractivity contribution in [3.8, 4) is 0 Å². The van der Waals surface area contributed by atoms with Gasteiger partial charge in [0.15, 0.2) is 0 Å². The summed E-state index contributed by atoms with van der Waals surface area (Å²) < 4.78 is 27.0. The van der Waals surface area contributed by atoms with Crippen molar-refractivity contribution in [2.45, 2.75) is 24.2 Å². The van der Waals surface area contributed by atoms with Crippen molar-refractivity contribution in [3.05, 3.63) is 24.3 Å². The highest BCUT2D eigenvalue weighted by Crippen LogP contribution is 2.22. The molecule has 1 aliphatic rings. The molecule has 1 aliphatic heterocycles. The number of hydrogen-bond donors (Lipinski definition) is 2. The number of nitrogens with one attached hydrogen (secondary N) is 2. The van der Waals surface area contributed by atoms with Crippen LogP contribution in [0.25, 0.3) is 0 Å². The predicted molar refractivity (Wildman–Crippen MR) is 85.5 cm³/mol. The maximum absolute atomic E-state index is 12.2. The molecule has 2 N–H and O–H groups in total. The van der Waals surface area contributed by atoms with Crippen LogP contribution in [0.15, 0.2) is 29.2 Å². The molecule has 0 saturated carbocycles. The summed E-state index contributed by atoms with van der Waals surface area (Å²) in [5.41, 5.74) is 0.762. The van der Waals surface area contributed by atoms with Gasteiger partial charge < -0.3 is 9.80 Å². The molecule has 0 atom stereocenters. The van der Waals surface area contributed by atoms with Crippen LogP contribution in [0, 0.1) is 0 Å². The van der Waals surface area contributed by atoms with E-state index in [2.05, 4.69) is 4.72 Å². The zero-order chi connectivity index (χ0) is 16.2. The van der Waals surface area contributed by atoms with Gasteiger partial charge in [-0.05, 0) is 30.7 Å². The van der Waals surface area contributed by atoms with Crippen molar-refractivity contribution < 1.29 is 18.1 Å². The van der Waals surface area contributed by atoms with Crippen molar-refractivity contribution in [2.24, 2.45) is 0 Å². The van der Waals surface area contributed by atoms with Gasteiger partial charge in [-0.1, -0.05) is 0 Å². The van der Waals surface area contributed by atoms with Crippen molar-refractivity contribution in [1.29, 1.82) is 0 Å². The molecular formula is C15H24N3O3S+. The molecule has 0 aromatic heterocycles. The molecule has 0 spiro atoms. The molecule has 0 bridgehead atoms. The number of carbonyl (C=O) groups is 1. The lowest BCUT2D eigenvalue weighted by Gasteiger charge is -2.16. The highest BCUT2D eigenvalue weighted by Gasteiger charge is 2.22. The van der Waals surface area contributed by atoms with Gasteiger partial charge in [-0.25, -0.2) is 13.1 Å². The number of nitrogens with zero attached hydrogens (tertiary/aromatic N) is 1. The van der Waals surface area contributed by atoms with Gasteiger partial charge in [-0.3, -0.25) is 4.79 Å². The minimum absolute atomic E-state index is 0.0971. The van der Waals surface area contributed by atoms with Crippen molar-refractivity contribution in [1.82, 2.24) is 4.72 Å². The zero-order valence-electron chi connectivity index (χ0n) is 13.1. The smallest absolute Gasteiger partial charge is 0.240 e. The highest BCUT2D eigenvalue weighted by molar-refractivity contribution is 7.89. The molecule has 1 saturated heterocycles. The molecule has 6 nitrogen and oxygen atoms in total. The average Bonchev–Trinajstić information content (AvgIpc) is 2.90. The summed E-state index contributed by atoms with van der Waals surface area (Å²) in [5, 5.41) is 0. The van der Waals surface area contributed by atoms with Gasteiger partial charge in [-0.2, -0.15) is 0 Å². The van der Waals surface area contributed by atoms with E-state index in [9.17, 15) is 13.2 Å². The summed E-state index contributed by atoms with van der Waals surface area (Å²) in [6, 6.07) is 6.50. The van der Waals surface area contributed by atoms with E-state index in [4.69, 9.17) is 0 Å². The Kier molecular flexibility index (Phi) is 5.55. The highest BCUT2D eigenvalue weighted by atomic mass is 32.2. The lowest BCUT2D eigenvalue weighted by molar-refractivity contribution is -0.858. The molecule has 122 valence electrons. The Morgan fingerprint density at radius 2 is 1.91 bits per heavy atom. The summed E-state index contributed by atoms with van der Waals surface area (Å²) in [7, 11) is 0.594. The Balaban J connectivity index is 1.98. The summed E-state index contributed by atoms with van der Waals surface area (Å²) in [4.78, 5) is 14.9. The monoisotopic (exact) mass is 326 g/mol. The van der Waals surface area contributed by atoms with Crippen molar-refractivity contribution in [2.75, 3.05) is 38.6 Å². The van der Waals surface area contributed by atoms with E-state index < -0.39 is 10.0 Å². The lowest BCUT2D eigenvalue weighted by Crippen LogP contribution is -3.05. The van der Waals surface area contributed by atoms with E-state index >= 15 is 0 Å². The third kappa shape index (κ3) is 4.28. The van der Waals surface area contributed by atoms with Crippen LogP contribution in [0.2, 0.25) is 0 Å². The SMILES string of the molecule is C[NH+](C)CCCNS(=O)(=O)c1ccc(N2CCCC2=O)cc1. The van der Waals surface area contributed by atoms with Crippen LogP contribution in [-0.2, 0) is 14.8 Å². The van der Waals surface area contributed by atoms with Gasteiger partial charge >= 0.3 is 0 Å². The fourth-order valence-electron chi connectivity index (χ4n) is 2.46. The number of carbonyl (C=O) groups excluding carboxylic acids is 1. The molecule has 1 heterocycles. The fraction of sp³-hybridized carbons (Fsp3) is 0.533. The van der Waals surface area contributed by atoms with Gasteiger partial charge in [0, 0.05) is 31.6 Å². The number of amides is 1. The fourth-order valence-corrected chi connectivity index (χ4v) is 3.53. The molecule has 1 amide bonds. The van der Waals surface area contributed by atoms with E-state index in [0.717, 1.165) is 25.1 Å². The van der Waals surface area contributed by atoms with Crippen molar-refractivity contribution >= 4 is 21.6 Å². The zero-order valence-corrected chi connectivity index (χ0v) is 13.9. The number of quaternary nitrogens is 1. The second kappa shape index (κ2) is 7.21. The quantitative estimate of drug-likeness (QED) is 0.672. The van der Waals surface area contributed by atoms with E-state index in [1.54, 1.807) is 29.2 Å². The third-order valence-electron chi connectivity index (χ3n) is 3.68. The predicted octanol–water partition coefficient (Wildman–Crippen LogP) is -0.374. The molecule has 0 radical (unpaired) electrons. The third-order valence-corrected chi connectivity index (χ3v) is 5.15. The first kappa shape index (κ1) is 16.9. The van der Waals surface area contributed by atoms with Crippen LogP contribution in [-0.4, -0.2) is 48.1 Å². The van der Waals surface area contributed by atoms with E-state index in [1.807, 2.05) is 14.1 Å². The minimum Gasteiger partial charge on any atom is -0.340 e. The molecule has 7 heteroatoms. The first-order valence-corrected chi connectivity index (χ1v) is 9.07. The molecule has 1 fully saturated rings. The molecule has 1 aromatic carbocycles. The number of anilines is 1. The van der Waals surface area contributed by atoms with Crippen molar-refractivity contribution in [3.63, 3.8) is 0 Å². The lowest BCUT2D eigenvalue weighted by atomic mass is 10.3. The maximum Gasteiger partial charge on any atom is 0.240 e. The Hall–Kier alpha value is -1.44. The number of benzene rings is 1.